The van der Waals surface area contributed by atoms with Crippen LogP contribution in [0.5, 0.6) is 11.5 Å². The summed E-state index contributed by atoms with van der Waals surface area (Å²) in [5, 5.41) is 2.81. The van der Waals surface area contributed by atoms with Gasteiger partial charge in [0.05, 0.1) is 20.6 Å². The number of nitrogens with one attached hydrogen (secondary N) is 1. The Morgan fingerprint density at radius 1 is 1.17 bits per heavy atom. The van der Waals surface area contributed by atoms with Crippen LogP contribution in [0.4, 0.5) is 0 Å². The van der Waals surface area contributed by atoms with E-state index in [-0.39, 0.29) is 24.5 Å². The predicted molar refractivity (Wildman–Crippen MR) is 94.4 cm³/mol. The van der Waals surface area contributed by atoms with Crippen molar-refractivity contribution in [1.82, 2.24) is 5.32 Å². The van der Waals surface area contributed by atoms with Gasteiger partial charge in [0.1, 0.15) is 0 Å². The molecule has 0 spiro atoms. The predicted octanol–water partition coefficient (Wildman–Crippen LogP) is 2.86. The molecule has 0 aliphatic heterocycles. The number of halogens is 1. The lowest BCUT2D eigenvalue weighted by Crippen LogP contribution is -2.44. The number of carbonyl (C=O) groups is 2. The second-order valence-corrected chi connectivity index (χ2v) is 6.78. The molecule has 0 aliphatic carbocycles. The van der Waals surface area contributed by atoms with Crippen molar-refractivity contribution >= 4 is 27.8 Å². The molecule has 1 amide bonds. The summed E-state index contributed by atoms with van der Waals surface area (Å²) in [5.41, 5.74) is 0.363. The molecule has 1 aromatic rings. The lowest BCUT2D eigenvalue weighted by molar-refractivity contribution is -0.148. The third-order valence-electron chi connectivity index (χ3n) is 3.61. The Balaban J connectivity index is 2.64. The molecule has 1 rings (SSSR count). The lowest BCUT2D eigenvalue weighted by Gasteiger charge is -2.24. The van der Waals surface area contributed by atoms with Crippen molar-refractivity contribution in [2.45, 2.75) is 39.2 Å². The van der Waals surface area contributed by atoms with Crippen LogP contribution in [0.15, 0.2) is 16.6 Å². The zero-order chi connectivity index (χ0) is 18.3. The van der Waals surface area contributed by atoms with Crippen LogP contribution >= 0.6 is 15.9 Å². The van der Waals surface area contributed by atoms with Gasteiger partial charge in [0.15, 0.2) is 18.1 Å². The number of benzene rings is 1. The number of esters is 1. The lowest BCUT2D eigenvalue weighted by atomic mass is 10.0. The van der Waals surface area contributed by atoms with Crippen LogP contribution in [-0.4, -0.2) is 38.2 Å². The van der Waals surface area contributed by atoms with Gasteiger partial charge in [-0.3, -0.25) is 9.59 Å². The second kappa shape index (κ2) is 8.92. The van der Waals surface area contributed by atoms with E-state index in [0.717, 1.165) is 6.42 Å². The Labute approximate surface area is 151 Å². The fourth-order valence-electron chi connectivity index (χ4n) is 1.89. The molecule has 0 radical (unpaired) electrons. The van der Waals surface area contributed by atoms with E-state index in [1.165, 1.54) is 14.2 Å². The van der Waals surface area contributed by atoms with E-state index in [4.69, 9.17) is 14.2 Å². The summed E-state index contributed by atoms with van der Waals surface area (Å²) in [6.07, 6.45) is 0.802. The summed E-state index contributed by atoms with van der Waals surface area (Å²) in [7, 11) is 3.06. The van der Waals surface area contributed by atoms with Gasteiger partial charge in [-0.15, -0.1) is 0 Å². The zero-order valence-electron chi connectivity index (χ0n) is 14.7. The summed E-state index contributed by atoms with van der Waals surface area (Å²) >= 11 is 3.39. The van der Waals surface area contributed by atoms with Crippen molar-refractivity contribution in [3.8, 4) is 11.5 Å². The van der Waals surface area contributed by atoms with Gasteiger partial charge < -0.3 is 19.5 Å². The molecule has 0 saturated carbocycles. The number of rotatable bonds is 8. The number of hydrogen-bond acceptors (Lipinski definition) is 5. The Bertz CT molecular complexity index is 601. The largest absolute Gasteiger partial charge is 0.493 e. The number of hydrogen-bond donors (Lipinski definition) is 1. The molecule has 0 saturated heterocycles. The van der Waals surface area contributed by atoms with E-state index in [9.17, 15) is 9.59 Å². The molecule has 24 heavy (non-hydrogen) atoms. The first kappa shape index (κ1) is 20.3. The maximum Gasteiger partial charge on any atom is 0.310 e. The topological polar surface area (TPSA) is 73.9 Å². The molecular formula is C17H24BrNO5. The highest BCUT2D eigenvalue weighted by atomic mass is 79.9. The van der Waals surface area contributed by atoms with Crippen molar-refractivity contribution in [2.24, 2.45) is 0 Å². The highest BCUT2D eigenvalue weighted by Crippen LogP contribution is 2.33. The molecule has 134 valence electrons. The summed E-state index contributed by atoms with van der Waals surface area (Å²) < 4.78 is 16.1. The van der Waals surface area contributed by atoms with E-state index in [2.05, 4.69) is 21.2 Å². The summed E-state index contributed by atoms with van der Waals surface area (Å²) in [4.78, 5) is 23.8. The fraction of sp³-hybridized carbons (Fsp3) is 0.529. The van der Waals surface area contributed by atoms with Gasteiger partial charge in [-0.2, -0.15) is 0 Å². The van der Waals surface area contributed by atoms with Crippen LogP contribution in [0.1, 0.15) is 32.8 Å². The SMILES string of the molecule is CCC(C)(C)NC(=O)COC(=O)Cc1cc(OC)c(OC)cc1Br. The minimum atomic E-state index is -0.493. The van der Waals surface area contributed by atoms with Crippen LogP contribution in [0.3, 0.4) is 0 Å². The van der Waals surface area contributed by atoms with Crippen LogP contribution in [0.2, 0.25) is 0 Å². The molecule has 0 atom stereocenters. The molecule has 0 unspecified atom stereocenters. The third-order valence-corrected chi connectivity index (χ3v) is 4.35. The molecular weight excluding hydrogens is 378 g/mol. The number of amides is 1. The molecule has 0 bridgehead atoms. The number of carbonyl (C=O) groups excluding carboxylic acids is 2. The van der Waals surface area contributed by atoms with Gasteiger partial charge in [0, 0.05) is 10.0 Å². The van der Waals surface area contributed by atoms with Crippen LogP contribution in [0.25, 0.3) is 0 Å². The molecule has 6 nitrogen and oxygen atoms in total. The smallest absolute Gasteiger partial charge is 0.310 e. The van der Waals surface area contributed by atoms with Crippen LogP contribution in [0, 0.1) is 0 Å². The fourth-order valence-corrected chi connectivity index (χ4v) is 2.35. The number of methoxy groups -OCH3 is 2. The Morgan fingerprint density at radius 3 is 2.29 bits per heavy atom. The first-order chi connectivity index (χ1) is 11.2. The van der Waals surface area contributed by atoms with Crippen molar-refractivity contribution in [3.63, 3.8) is 0 Å². The Hall–Kier alpha value is -1.76. The molecule has 7 heteroatoms. The molecule has 1 aromatic carbocycles. The number of ether oxygens (including phenoxy) is 3. The highest BCUT2D eigenvalue weighted by Gasteiger charge is 2.19. The normalized spacial score (nSPS) is 10.9. The van der Waals surface area contributed by atoms with Gasteiger partial charge >= 0.3 is 5.97 Å². The first-order valence-corrected chi connectivity index (χ1v) is 8.38. The van der Waals surface area contributed by atoms with Crippen molar-refractivity contribution in [3.05, 3.63) is 22.2 Å². The van der Waals surface area contributed by atoms with E-state index in [1.807, 2.05) is 20.8 Å². The minimum Gasteiger partial charge on any atom is -0.493 e. The second-order valence-electron chi connectivity index (χ2n) is 5.92. The first-order valence-electron chi connectivity index (χ1n) is 7.59. The molecule has 1 N–H and O–H groups in total. The van der Waals surface area contributed by atoms with Gasteiger partial charge in [0.2, 0.25) is 0 Å². The maximum absolute atomic E-state index is 12.0. The minimum absolute atomic E-state index is 0.0192. The molecule has 0 fully saturated rings. The summed E-state index contributed by atoms with van der Waals surface area (Å²) in [5.74, 6) is 0.266. The molecule has 0 heterocycles. The van der Waals surface area contributed by atoms with Crippen molar-refractivity contribution in [1.29, 1.82) is 0 Å². The Morgan fingerprint density at radius 2 is 1.75 bits per heavy atom. The summed E-state index contributed by atoms with van der Waals surface area (Å²) in [6, 6.07) is 3.42. The van der Waals surface area contributed by atoms with E-state index in [0.29, 0.717) is 21.5 Å². The molecule has 0 aliphatic rings. The van der Waals surface area contributed by atoms with E-state index in [1.54, 1.807) is 12.1 Å². The average Bonchev–Trinajstić information content (AvgIpc) is 2.54. The standard InChI is InChI=1S/C17H24BrNO5/c1-6-17(2,3)19-15(20)10-24-16(21)8-11-7-13(22-4)14(23-5)9-12(11)18/h7,9H,6,8,10H2,1-5H3,(H,19,20). The zero-order valence-corrected chi connectivity index (χ0v) is 16.3. The van der Waals surface area contributed by atoms with Crippen LogP contribution in [-0.2, 0) is 20.7 Å². The van der Waals surface area contributed by atoms with E-state index >= 15 is 0 Å². The third kappa shape index (κ3) is 6.03. The van der Waals surface area contributed by atoms with Gasteiger partial charge in [0.25, 0.3) is 5.91 Å². The Kier molecular flexibility index (Phi) is 7.54. The highest BCUT2D eigenvalue weighted by molar-refractivity contribution is 9.10. The van der Waals surface area contributed by atoms with Crippen LogP contribution < -0.4 is 14.8 Å². The quantitative estimate of drug-likeness (QED) is 0.677. The van der Waals surface area contributed by atoms with Gasteiger partial charge in [-0.1, -0.05) is 22.9 Å². The summed E-state index contributed by atoms with van der Waals surface area (Å²) in [6.45, 7) is 5.50. The monoisotopic (exact) mass is 401 g/mol. The maximum atomic E-state index is 12.0. The van der Waals surface area contributed by atoms with Gasteiger partial charge in [-0.25, -0.2) is 0 Å². The van der Waals surface area contributed by atoms with Crippen molar-refractivity contribution in [2.75, 3.05) is 20.8 Å². The van der Waals surface area contributed by atoms with E-state index < -0.39 is 5.97 Å². The van der Waals surface area contributed by atoms with Gasteiger partial charge in [-0.05, 0) is 38.0 Å². The molecule has 0 aromatic heterocycles. The average molecular weight is 402 g/mol. The van der Waals surface area contributed by atoms with Crippen molar-refractivity contribution < 1.29 is 23.8 Å².